The third kappa shape index (κ3) is 0.757. The smallest absolute Gasteiger partial charge is 0.287 e. The van der Waals surface area contributed by atoms with Crippen molar-refractivity contribution in [2.24, 2.45) is 4.99 Å². The van der Waals surface area contributed by atoms with Crippen LogP contribution in [0.15, 0.2) is 4.99 Å². The van der Waals surface area contributed by atoms with E-state index in [1.54, 1.807) is 7.11 Å². The van der Waals surface area contributed by atoms with Gasteiger partial charge >= 0.3 is 0 Å². The van der Waals surface area contributed by atoms with Crippen LogP contribution in [0.25, 0.3) is 0 Å². The summed E-state index contributed by atoms with van der Waals surface area (Å²) in [5.74, 6) is 0. The fraction of sp³-hybridized carbons (Fsp3) is 0.600. The van der Waals surface area contributed by atoms with Gasteiger partial charge in [-0.25, -0.2) is 4.99 Å². The molecule has 0 aromatic heterocycles. The molecule has 0 bridgehead atoms. The Kier molecular flexibility index (Phi) is 1.37. The van der Waals surface area contributed by atoms with E-state index in [1.165, 1.54) is 0 Å². The van der Waals surface area contributed by atoms with Crippen LogP contribution in [0.3, 0.4) is 0 Å². The minimum Gasteiger partial charge on any atom is -0.468 e. The van der Waals surface area contributed by atoms with Crippen molar-refractivity contribution in [3.63, 3.8) is 0 Å². The number of nitrogens with zero attached hydrogens (tertiary/aromatic N) is 2. The van der Waals surface area contributed by atoms with Crippen LogP contribution in [-0.4, -0.2) is 31.6 Å². The summed E-state index contributed by atoms with van der Waals surface area (Å²) in [6, 6.07) is 0.699. The minimum atomic E-state index is 0.699. The lowest BCUT2D eigenvalue weighted by atomic mass is 10.6. The van der Waals surface area contributed by atoms with E-state index in [4.69, 9.17) is 4.74 Å². The summed E-state index contributed by atoms with van der Waals surface area (Å²) in [6.45, 7) is 2.71. The van der Waals surface area contributed by atoms with Crippen LogP contribution >= 0.6 is 0 Å². The summed E-state index contributed by atoms with van der Waals surface area (Å²) in [7, 11) is 3.53. The van der Waals surface area contributed by atoms with Crippen LogP contribution in [0, 0.1) is 6.54 Å². The van der Waals surface area contributed by atoms with Crippen LogP contribution in [-0.2, 0) is 4.74 Å². The Balaban J connectivity index is 2.49. The second-order valence-corrected chi connectivity index (χ2v) is 1.62. The Bertz CT molecular complexity index is 111. The number of hydrogen-bond acceptors (Lipinski definition) is 3. The predicted molar refractivity (Wildman–Crippen MR) is 31.4 cm³/mol. The van der Waals surface area contributed by atoms with E-state index in [9.17, 15) is 0 Å². The maximum atomic E-state index is 4.87. The zero-order valence-electron chi connectivity index (χ0n) is 5.09. The van der Waals surface area contributed by atoms with E-state index in [0.717, 1.165) is 6.54 Å². The van der Waals surface area contributed by atoms with E-state index in [-0.39, 0.29) is 0 Å². The Hall–Kier alpha value is -0.730. The maximum Gasteiger partial charge on any atom is 0.287 e. The number of likely N-dealkylation sites (N-methyl/N-ethyl adjacent to an activating group) is 1. The average molecular weight is 113 g/mol. The van der Waals surface area contributed by atoms with E-state index >= 15 is 0 Å². The monoisotopic (exact) mass is 113 g/mol. The summed E-state index contributed by atoms with van der Waals surface area (Å²) in [5, 5.41) is 0. The molecule has 0 spiro atoms. The second-order valence-electron chi connectivity index (χ2n) is 1.62. The van der Waals surface area contributed by atoms with Crippen LogP contribution < -0.4 is 0 Å². The van der Waals surface area contributed by atoms with Crippen molar-refractivity contribution in [3.8, 4) is 0 Å². The molecule has 0 saturated carbocycles. The molecule has 45 valence electrons. The number of rotatable bonds is 0. The Morgan fingerprint density at radius 2 is 2.62 bits per heavy atom. The van der Waals surface area contributed by atoms with Gasteiger partial charge in [-0.2, -0.15) is 0 Å². The van der Waals surface area contributed by atoms with Crippen LogP contribution in [0.5, 0.6) is 0 Å². The van der Waals surface area contributed by atoms with Gasteiger partial charge < -0.3 is 9.64 Å². The van der Waals surface area contributed by atoms with Crippen molar-refractivity contribution >= 4 is 6.02 Å². The lowest BCUT2D eigenvalue weighted by Gasteiger charge is -2.09. The van der Waals surface area contributed by atoms with Gasteiger partial charge in [0.05, 0.1) is 20.2 Å². The van der Waals surface area contributed by atoms with E-state index in [2.05, 4.69) is 4.99 Å². The first-order chi connectivity index (χ1) is 3.84. The largest absolute Gasteiger partial charge is 0.468 e. The van der Waals surface area contributed by atoms with E-state index in [0.29, 0.717) is 6.02 Å². The third-order valence-corrected chi connectivity index (χ3v) is 1.07. The molecule has 1 rings (SSSR count). The van der Waals surface area contributed by atoms with Gasteiger partial charge in [-0.05, 0) is 0 Å². The molecule has 0 amide bonds. The van der Waals surface area contributed by atoms with Crippen LogP contribution in [0.2, 0.25) is 0 Å². The molecule has 0 fully saturated rings. The number of ether oxygens (including phenoxy) is 1. The van der Waals surface area contributed by atoms with Gasteiger partial charge in [-0.3, -0.25) is 0 Å². The number of methoxy groups -OCH3 is 1. The number of amidine groups is 1. The molecule has 0 aromatic carbocycles. The van der Waals surface area contributed by atoms with Crippen molar-refractivity contribution < 1.29 is 4.74 Å². The molecule has 1 aliphatic heterocycles. The van der Waals surface area contributed by atoms with Crippen molar-refractivity contribution in [1.82, 2.24) is 4.90 Å². The molecule has 0 aromatic rings. The van der Waals surface area contributed by atoms with Gasteiger partial charge in [-0.15, -0.1) is 0 Å². The van der Waals surface area contributed by atoms with Crippen LogP contribution in [0.4, 0.5) is 0 Å². The SMILES string of the molecule is COC1=NC[CH]N1C. The summed E-state index contributed by atoms with van der Waals surface area (Å²) in [5.41, 5.74) is 0. The molecule has 0 atom stereocenters. The molecular formula is C5H9N2O. The van der Waals surface area contributed by atoms with Gasteiger partial charge in [0.15, 0.2) is 0 Å². The first kappa shape index (κ1) is 5.41. The first-order valence-corrected chi connectivity index (χ1v) is 2.49. The van der Waals surface area contributed by atoms with Gasteiger partial charge in [0.2, 0.25) is 0 Å². The molecule has 0 aliphatic carbocycles. The lowest BCUT2D eigenvalue weighted by Crippen LogP contribution is -2.20. The fourth-order valence-electron chi connectivity index (χ4n) is 0.640. The topological polar surface area (TPSA) is 24.8 Å². The molecule has 0 unspecified atom stereocenters. The van der Waals surface area contributed by atoms with Gasteiger partial charge in [0.1, 0.15) is 0 Å². The van der Waals surface area contributed by atoms with Crippen molar-refractivity contribution in [2.45, 2.75) is 0 Å². The zero-order valence-corrected chi connectivity index (χ0v) is 5.09. The standard InChI is InChI=1S/C5H9N2O/c1-7-4-3-6-5(7)8-2/h4H,3H2,1-2H3. The maximum absolute atomic E-state index is 4.87. The molecule has 3 heteroatoms. The second kappa shape index (κ2) is 2.03. The molecular weight excluding hydrogens is 104 g/mol. The summed E-state index contributed by atoms with van der Waals surface area (Å²) < 4.78 is 4.87. The molecule has 3 nitrogen and oxygen atoms in total. The molecule has 1 heterocycles. The fourth-order valence-corrected chi connectivity index (χ4v) is 0.640. The summed E-state index contributed by atoms with van der Waals surface area (Å²) >= 11 is 0. The third-order valence-electron chi connectivity index (χ3n) is 1.07. The van der Waals surface area contributed by atoms with E-state index < -0.39 is 0 Å². The molecule has 0 saturated heterocycles. The van der Waals surface area contributed by atoms with Crippen molar-refractivity contribution in [1.29, 1.82) is 0 Å². The minimum absolute atomic E-state index is 0.699. The normalized spacial score (nSPS) is 18.8. The predicted octanol–water partition coefficient (Wildman–Crippen LogP) is 0.0960. The number of hydrogen-bond donors (Lipinski definition) is 0. The highest BCUT2D eigenvalue weighted by molar-refractivity contribution is 5.75. The first-order valence-electron chi connectivity index (χ1n) is 2.49. The van der Waals surface area contributed by atoms with Gasteiger partial charge in [0, 0.05) is 7.05 Å². The van der Waals surface area contributed by atoms with Gasteiger partial charge in [0.25, 0.3) is 6.02 Å². The van der Waals surface area contributed by atoms with Gasteiger partial charge in [-0.1, -0.05) is 0 Å². The molecule has 8 heavy (non-hydrogen) atoms. The van der Waals surface area contributed by atoms with Crippen LogP contribution in [0.1, 0.15) is 0 Å². The Labute approximate surface area is 49.0 Å². The number of aliphatic imine (C=N–C) groups is 1. The van der Waals surface area contributed by atoms with E-state index in [1.807, 2.05) is 18.5 Å². The highest BCUT2D eigenvalue weighted by Gasteiger charge is 2.11. The molecule has 1 aliphatic rings. The highest BCUT2D eigenvalue weighted by atomic mass is 16.5. The Morgan fingerprint density at radius 1 is 1.88 bits per heavy atom. The van der Waals surface area contributed by atoms with Crippen molar-refractivity contribution in [3.05, 3.63) is 6.54 Å². The molecule has 1 radical (unpaired) electrons. The summed E-state index contributed by atoms with van der Waals surface area (Å²) in [4.78, 5) is 5.86. The van der Waals surface area contributed by atoms with Crippen molar-refractivity contribution in [2.75, 3.05) is 20.7 Å². The lowest BCUT2D eigenvalue weighted by molar-refractivity contribution is 0.343. The Morgan fingerprint density at radius 3 is 2.88 bits per heavy atom. The summed E-state index contributed by atoms with van der Waals surface area (Å²) in [6.07, 6.45) is 0. The average Bonchev–Trinajstić information content (AvgIpc) is 2.14. The quantitative estimate of drug-likeness (QED) is 0.445. The molecule has 0 N–H and O–H groups in total. The highest BCUT2D eigenvalue weighted by Crippen LogP contribution is 2.01. The zero-order chi connectivity index (χ0) is 5.98.